The number of hydrogen-bond donors (Lipinski definition) is 0. The highest BCUT2D eigenvalue weighted by atomic mass is 16.5. The first kappa shape index (κ1) is 13.3. The summed E-state index contributed by atoms with van der Waals surface area (Å²) in [6, 6.07) is 15.6. The van der Waals surface area contributed by atoms with Crippen LogP contribution < -0.4 is 4.74 Å². The molecular formula is C17H18O2. The predicted molar refractivity (Wildman–Crippen MR) is 77.6 cm³/mol. The molecule has 19 heavy (non-hydrogen) atoms. The van der Waals surface area contributed by atoms with Gasteiger partial charge in [-0.1, -0.05) is 50.2 Å². The van der Waals surface area contributed by atoms with Crippen molar-refractivity contribution in [3.8, 4) is 16.9 Å². The number of hydrogen-bond acceptors (Lipinski definition) is 2. The predicted octanol–water partition coefficient (Wildman–Crippen LogP) is 4.20. The minimum absolute atomic E-state index is 0.0302. The van der Waals surface area contributed by atoms with E-state index in [0.29, 0.717) is 0 Å². The Kier molecular flexibility index (Phi) is 4.00. The van der Waals surface area contributed by atoms with Crippen molar-refractivity contribution in [3.63, 3.8) is 0 Å². The molecule has 0 aliphatic rings. The molecule has 0 aliphatic carbocycles. The van der Waals surface area contributed by atoms with Crippen LogP contribution >= 0.6 is 0 Å². The third kappa shape index (κ3) is 3.02. The summed E-state index contributed by atoms with van der Waals surface area (Å²) in [4.78, 5) is 11.9. The molecule has 2 nitrogen and oxygen atoms in total. The van der Waals surface area contributed by atoms with Crippen molar-refractivity contribution in [2.24, 2.45) is 5.92 Å². The highest BCUT2D eigenvalue weighted by molar-refractivity contribution is 5.97. The third-order valence-corrected chi connectivity index (χ3v) is 3.10. The molecule has 2 rings (SSSR count). The number of carbonyl (C=O) groups is 1. The molecule has 0 N–H and O–H groups in total. The molecule has 2 aromatic carbocycles. The maximum absolute atomic E-state index is 11.9. The third-order valence-electron chi connectivity index (χ3n) is 3.10. The second-order valence-corrected chi connectivity index (χ2v) is 4.83. The zero-order valence-electron chi connectivity index (χ0n) is 11.5. The Morgan fingerprint density at radius 3 is 2.26 bits per heavy atom. The highest BCUT2D eigenvalue weighted by Gasteiger charge is 2.10. The van der Waals surface area contributed by atoms with Crippen LogP contribution in [-0.2, 0) is 0 Å². The smallest absolute Gasteiger partial charge is 0.165 e. The zero-order chi connectivity index (χ0) is 13.8. The van der Waals surface area contributed by atoms with Gasteiger partial charge in [-0.15, -0.1) is 0 Å². The standard InChI is InChI=1S/C17H18O2/c1-12(2)17(18)14-9-7-13(8-10-14)15-5-4-6-16(11-15)19-3/h4-12H,1-3H3. The summed E-state index contributed by atoms with van der Waals surface area (Å²) < 4.78 is 5.22. The Balaban J connectivity index is 2.29. The SMILES string of the molecule is COc1cccc(-c2ccc(C(=O)C(C)C)cc2)c1. The van der Waals surface area contributed by atoms with E-state index in [9.17, 15) is 4.79 Å². The van der Waals surface area contributed by atoms with Gasteiger partial charge in [-0.05, 0) is 23.3 Å². The first-order valence-corrected chi connectivity index (χ1v) is 6.40. The van der Waals surface area contributed by atoms with Crippen LogP contribution in [0.2, 0.25) is 0 Å². The van der Waals surface area contributed by atoms with E-state index in [1.165, 1.54) is 0 Å². The van der Waals surface area contributed by atoms with Crippen LogP contribution in [0.1, 0.15) is 24.2 Å². The molecule has 0 bridgehead atoms. The Morgan fingerprint density at radius 2 is 1.68 bits per heavy atom. The van der Waals surface area contributed by atoms with E-state index in [-0.39, 0.29) is 11.7 Å². The van der Waals surface area contributed by atoms with E-state index in [0.717, 1.165) is 22.4 Å². The van der Waals surface area contributed by atoms with E-state index < -0.39 is 0 Å². The van der Waals surface area contributed by atoms with Crippen molar-refractivity contribution < 1.29 is 9.53 Å². The van der Waals surface area contributed by atoms with Gasteiger partial charge in [0.2, 0.25) is 0 Å². The number of carbonyl (C=O) groups excluding carboxylic acids is 1. The van der Waals surface area contributed by atoms with Gasteiger partial charge in [0.1, 0.15) is 5.75 Å². The Hall–Kier alpha value is -2.09. The first-order valence-electron chi connectivity index (χ1n) is 6.40. The van der Waals surface area contributed by atoms with Crippen molar-refractivity contribution in [2.45, 2.75) is 13.8 Å². The van der Waals surface area contributed by atoms with E-state index in [1.54, 1.807) is 7.11 Å². The molecule has 2 aromatic rings. The highest BCUT2D eigenvalue weighted by Crippen LogP contribution is 2.24. The minimum atomic E-state index is 0.0302. The summed E-state index contributed by atoms with van der Waals surface area (Å²) in [5.74, 6) is 1.04. The van der Waals surface area contributed by atoms with Gasteiger partial charge in [0.05, 0.1) is 7.11 Å². The maximum Gasteiger partial charge on any atom is 0.165 e. The summed E-state index contributed by atoms with van der Waals surface area (Å²) in [7, 11) is 1.66. The first-order chi connectivity index (χ1) is 9.11. The fraction of sp³-hybridized carbons (Fsp3) is 0.235. The molecule has 0 aliphatic heterocycles. The van der Waals surface area contributed by atoms with E-state index in [4.69, 9.17) is 4.74 Å². The fourth-order valence-corrected chi connectivity index (χ4v) is 1.96. The summed E-state index contributed by atoms with van der Waals surface area (Å²) in [6.45, 7) is 3.83. The van der Waals surface area contributed by atoms with Crippen LogP contribution in [0, 0.1) is 5.92 Å². The number of rotatable bonds is 4. The topological polar surface area (TPSA) is 26.3 Å². The summed E-state index contributed by atoms with van der Waals surface area (Å²) in [6.07, 6.45) is 0. The quantitative estimate of drug-likeness (QED) is 0.764. The number of Topliss-reactive ketones (excluding diaryl/α,β-unsaturated/α-hetero) is 1. The molecule has 0 radical (unpaired) electrons. The number of methoxy groups -OCH3 is 1. The molecule has 0 amide bonds. The van der Waals surface area contributed by atoms with E-state index >= 15 is 0 Å². The molecule has 0 spiro atoms. The molecule has 98 valence electrons. The van der Waals surface area contributed by atoms with Crippen LogP contribution in [0.3, 0.4) is 0 Å². The average molecular weight is 254 g/mol. The normalized spacial score (nSPS) is 10.5. The van der Waals surface area contributed by atoms with Crippen molar-refractivity contribution in [2.75, 3.05) is 7.11 Å². The maximum atomic E-state index is 11.9. The van der Waals surface area contributed by atoms with Crippen LogP contribution in [0.5, 0.6) is 5.75 Å². The average Bonchev–Trinajstić information content (AvgIpc) is 2.46. The van der Waals surface area contributed by atoms with Gasteiger partial charge in [-0.25, -0.2) is 0 Å². The lowest BCUT2D eigenvalue weighted by Gasteiger charge is -2.07. The van der Waals surface area contributed by atoms with E-state index in [2.05, 4.69) is 0 Å². The van der Waals surface area contributed by atoms with Crippen LogP contribution in [0.4, 0.5) is 0 Å². The van der Waals surface area contributed by atoms with Gasteiger partial charge in [0.15, 0.2) is 5.78 Å². The molecular weight excluding hydrogens is 236 g/mol. The molecule has 0 heterocycles. The van der Waals surface area contributed by atoms with Crippen molar-refractivity contribution >= 4 is 5.78 Å². The monoisotopic (exact) mass is 254 g/mol. The van der Waals surface area contributed by atoms with Gasteiger partial charge in [0.25, 0.3) is 0 Å². The van der Waals surface area contributed by atoms with Gasteiger partial charge in [0, 0.05) is 11.5 Å². The van der Waals surface area contributed by atoms with Gasteiger partial charge in [-0.2, -0.15) is 0 Å². The molecule has 0 saturated heterocycles. The van der Waals surface area contributed by atoms with Crippen molar-refractivity contribution in [1.29, 1.82) is 0 Å². The Bertz CT molecular complexity index is 568. The lowest BCUT2D eigenvalue weighted by molar-refractivity contribution is 0.0939. The van der Waals surface area contributed by atoms with Crippen molar-refractivity contribution in [3.05, 3.63) is 54.1 Å². The Morgan fingerprint density at radius 1 is 1.00 bits per heavy atom. The van der Waals surface area contributed by atoms with Crippen LogP contribution in [-0.4, -0.2) is 12.9 Å². The molecule has 0 atom stereocenters. The second-order valence-electron chi connectivity index (χ2n) is 4.83. The molecule has 0 fully saturated rings. The zero-order valence-corrected chi connectivity index (χ0v) is 11.5. The van der Waals surface area contributed by atoms with Gasteiger partial charge < -0.3 is 4.74 Å². The number of ketones is 1. The number of benzene rings is 2. The summed E-state index contributed by atoms with van der Waals surface area (Å²) >= 11 is 0. The summed E-state index contributed by atoms with van der Waals surface area (Å²) in [5, 5.41) is 0. The largest absolute Gasteiger partial charge is 0.497 e. The molecule has 2 heteroatoms. The fourth-order valence-electron chi connectivity index (χ4n) is 1.96. The Labute approximate surface area is 114 Å². The lowest BCUT2D eigenvalue weighted by Crippen LogP contribution is -2.06. The molecule has 0 saturated carbocycles. The lowest BCUT2D eigenvalue weighted by atomic mass is 9.98. The molecule has 0 unspecified atom stereocenters. The van der Waals surface area contributed by atoms with Gasteiger partial charge in [-0.3, -0.25) is 4.79 Å². The summed E-state index contributed by atoms with van der Waals surface area (Å²) in [5.41, 5.74) is 2.93. The van der Waals surface area contributed by atoms with Crippen molar-refractivity contribution in [1.82, 2.24) is 0 Å². The van der Waals surface area contributed by atoms with Crippen LogP contribution in [0.25, 0.3) is 11.1 Å². The second kappa shape index (κ2) is 5.70. The minimum Gasteiger partial charge on any atom is -0.497 e. The molecule has 0 aromatic heterocycles. The van der Waals surface area contributed by atoms with E-state index in [1.807, 2.05) is 62.4 Å². The van der Waals surface area contributed by atoms with Crippen LogP contribution in [0.15, 0.2) is 48.5 Å². The number of ether oxygens (including phenoxy) is 1. The van der Waals surface area contributed by atoms with Gasteiger partial charge >= 0.3 is 0 Å².